The van der Waals surface area contributed by atoms with E-state index >= 15 is 0 Å². The summed E-state index contributed by atoms with van der Waals surface area (Å²) in [5.74, 6) is 0.489. The van der Waals surface area contributed by atoms with Crippen molar-refractivity contribution in [2.45, 2.75) is 6.92 Å². The molecule has 0 radical (unpaired) electrons. The average Bonchev–Trinajstić information content (AvgIpc) is 2.57. The predicted octanol–water partition coefficient (Wildman–Crippen LogP) is 2.95. The molecular weight excluding hydrogens is 251 g/mol. The lowest BCUT2D eigenvalue weighted by Gasteiger charge is -1.98. The van der Waals surface area contributed by atoms with Crippen LogP contribution in [0.4, 0.5) is 4.39 Å². The summed E-state index contributed by atoms with van der Waals surface area (Å²) in [4.78, 5) is 4.01. The van der Waals surface area contributed by atoms with Crippen molar-refractivity contribution in [1.82, 2.24) is 10.1 Å². The van der Waals surface area contributed by atoms with E-state index in [2.05, 4.69) is 26.1 Å². The van der Waals surface area contributed by atoms with Gasteiger partial charge in [-0.3, -0.25) is 0 Å². The van der Waals surface area contributed by atoms with Crippen molar-refractivity contribution in [3.05, 3.63) is 34.3 Å². The molecule has 3 nitrogen and oxygen atoms in total. The lowest BCUT2D eigenvalue weighted by Crippen LogP contribution is -1.84. The van der Waals surface area contributed by atoms with Gasteiger partial charge in [-0.1, -0.05) is 11.2 Å². The summed E-state index contributed by atoms with van der Waals surface area (Å²) in [5, 5.41) is 3.63. The zero-order valence-electron chi connectivity index (χ0n) is 7.29. The van der Waals surface area contributed by atoms with Crippen LogP contribution in [-0.2, 0) is 0 Å². The maximum Gasteiger partial charge on any atom is 0.259 e. The van der Waals surface area contributed by atoms with E-state index in [4.69, 9.17) is 4.52 Å². The highest BCUT2D eigenvalue weighted by molar-refractivity contribution is 9.10. The molecule has 0 aliphatic rings. The number of aromatic nitrogens is 2. The Morgan fingerprint density at radius 3 is 2.86 bits per heavy atom. The van der Waals surface area contributed by atoms with Crippen LogP contribution in [0.15, 0.2) is 27.2 Å². The smallest absolute Gasteiger partial charge is 0.259 e. The molecule has 0 unspecified atom stereocenters. The maximum atomic E-state index is 13.1. The van der Waals surface area contributed by atoms with E-state index in [1.807, 2.05) is 0 Å². The maximum absolute atomic E-state index is 13.1. The third-order valence-electron chi connectivity index (χ3n) is 1.71. The minimum atomic E-state index is -0.349. The lowest BCUT2D eigenvalue weighted by molar-refractivity contribution is 0.425. The zero-order chi connectivity index (χ0) is 10.1. The first-order chi connectivity index (χ1) is 6.68. The summed E-state index contributed by atoms with van der Waals surface area (Å²) in [5.41, 5.74) is 0.561. The topological polar surface area (TPSA) is 38.9 Å². The van der Waals surface area contributed by atoms with Crippen molar-refractivity contribution < 1.29 is 8.91 Å². The molecule has 2 rings (SSSR count). The van der Waals surface area contributed by atoms with Gasteiger partial charge in [0, 0.05) is 0 Å². The fourth-order valence-corrected chi connectivity index (χ4v) is 1.51. The first-order valence-corrected chi connectivity index (χ1v) is 4.72. The van der Waals surface area contributed by atoms with Gasteiger partial charge in [-0.25, -0.2) is 4.39 Å². The minimum absolute atomic E-state index is 0.314. The van der Waals surface area contributed by atoms with Crippen LogP contribution in [0.5, 0.6) is 0 Å². The normalized spacial score (nSPS) is 10.5. The van der Waals surface area contributed by atoms with E-state index in [1.165, 1.54) is 6.07 Å². The Hall–Kier alpha value is -1.23. The SMILES string of the molecule is Cc1noc(-c2cccc(F)c2Br)n1. The van der Waals surface area contributed by atoms with Crippen LogP contribution in [0.3, 0.4) is 0 Å². The number of benzene rings is 1. The molecule has 14 heavy (non-hydrogen) atoms. The molecule has 72 valence electrons. The Kier molecular flexibility index (Phi) is 2.33. The van der Waals surface area contributed by atoms with Gasteiger partial charge in [0.15, 0.2) is 5.82 Å². The summed E-state index contributed by atoms with van der Waals surface area (Å²) >= 11 is 3.12. The third kappa shape index (κ3) is 1.55. The number of aryl methyl sites for hydroxylation is 1. The first kappa shape index (κ1) is 9.33. The van der Waals surface area contributed by atoms with Gasteiger partial charge in [0.05, 0.1) is 10.0 Å². The summed E-state index contributed by atoms with van der Waals surface area (Å²) < 4.78 is 18.4. The second kappa shape index (κ2) is 3.49. The number of rotatable bonds is 1. The standard InChI is InChI=1S/C9H6BrFN2O/c1-5-12-9(14-13-5)6-3-2-4-7(11)8(6)10/h2-4H,1H3. The van der Waals surface area contributed by atoms with Gasteiger partial charge in [0.2, 0.25) is 0 Å². The largest absolute Gasteiger partial charge is 0.334 e. The summed E-state index contributed by atoms with van der Waals surface area (Å²) in [6.07, 6.45) is 0. The van der Waals surface area contributed by atoms with Crippen molar-refractivity contribution in [2.75, 3.05) is 0 Å². The number of halogens is 2. The highest BCUT2D eigenvalue weighted by Crippen LogP contribution is 2.28. The van der Waals surface area contributed by atoms with Crippen LogP contribution in [0, 0.1) is 12.7 Å². The highest BCUT2D eigenvalue weighted by atomic mass is 79.9. The number of hydrogen-bond acceptors (Lipinski definition) is 3. The lowest BCUT2D eigenvalue weighted by atomic mass is 10.2. The molecule has 0 aliphatic carbocycles. The molecule has 0 spiro atoms. The molecule has 0 N–H and O–H groups in total. The minimum Gasteiger partial charge on any atom is -0.334 e. The van der Waals surface area contributed by atoms with Crippen molar-refractivity contribution in [1.29, 1.82) is 0 Å². The molecule has 0 saturated carbocycles. The number of hydrogen-bond donors (Lipinski definition) is 0. The van der Waals surface area contributed by atoms with Crippen LogP contribution in [0.1, 0.15) is 5.82 Å². The van der Waals surface area contributed by atoms with E-state index in [1.54, 1.807) is 19.1 Å². The summed E-state index contributed by atoms with van der Waals surface area (Å²) in [7, 11) is 0. The van der Waals surface area contributed by atoms with Crippen LogP contribution in [-0.4, -0.2) is 10.1 Å². The van der Waals surface area contributed by atoms with Gasteiger partial charge in [-0.2, -0.15) is 4.98 Å². The van der Waals surface area contributed by atoms with Crippen molar-refractivity contribution in [2.24, 2.45) is 0 Å². The van der Waals surface area contributed by atoms with Gasteiger partial charge in [0.25, 0.3) is 5.89 Å². The van der Waals surface area contributed by atoms with Crippen LogP contribution < -0.4 is 0 Å². The molecule has 2 aromatic rings. The van der Waals surface area contributed by atoms with Crippen molar-refractivity contribution in [3.63, 3.8) is 0 Å². The molecule has 0 aliphatic heterocycles. The Morgan fingerprint density at radius 2 is 2.21 bits per heavy atom. The van der Waals surface area contributed by atoms with Crippen LogP contribution in [0.2, 0.25) is 0 Å². The molecule has 0 bridgehead atoms. The van der Waals surface area contributed by atoms with Gasteiger partial charge in [0.1, 0.15) is 5.82 Å². The second-order valence-electron chi connectivity index (χ2n) is 2.75. The first-order valence-electron chi connectivity index (χ1n) is 3.93. The Bertz CT molecular complexity index is 470. The fraction of sp³-hybridized carbons (Fsp3) is 0.111. The quantitative estimate of drug-likeness (QED) is 0.788. The number of nitrogens with zero attached hydrogens (tertiary/aromatic N) is 2. The van der Waals surface area contributed by atoms with Crippen LogP contribution in [0.25, 0.3) is 11.5 Å². The molecule has 1 aromatic heterocycles. The monoisotopic (exact) mass is 256 g/mol. The van der Waals surface area contributed by atoms with Gasteiger partial charge >= 0.3 is 0 Å². The van der Waals surface area contributed by atoms with Crippen LogP contribution >= 0.6 is 15.9 Å². The molecular formula is C9H6BrFN2O. The van der Waals surface area contributed by atoms with Gasteiger partial charge in [-0.15, -0.1) is 0 Å². The Morgan fingerprint density at radius 1 is 1.43 bits per heavy atom. The molecule has 0 saturated heterocycles. The molecule has 0 amide bonds. The fourth-order valence-electron chi connectivity index (χ4n) is 1.08. The van der Waals surface area contributed by atoms with E-state index in [0.717, 1.165) is 0 Å². The van der Waals surface area contributed by atoms with Gasteiger partial charge < -0.3 is 4.52 Å². The Balaban J connectivity index is 2.57. The predicted molar refractivity (Wildman–Crippen MR) is 52.1 cm³/mol. The molecule has 0 fully saturated rings. The van der Waals surface area contributed by atoms with Gasteiger partial charge in [-0.05, 0) is 35.0 Å². The Labute approximate surface area is 88.1 Å². The average molecular weight is 257 g/mol. The second-order valence-corrected chi connectivity index (χ2v) is 3.54. The molecule has 1 aromatic carbocycles. The summed E-state index contributed by atoms with van der Waals surface area (Å²) in [6.45, 7) is 1.71. The third-order valence-corrected chi connectivity index (χ3v) is 2.52. The van der Waals surface area contributed by atoms with E-state index in [9.17, 15) is 4.39 Å². The van der Waals surface area contributed by atoms with E-state index in [-0.39, 0.29) is 5.82 Å². The van der Waals surface area contributed by atoms with E-state index < -0.39 is 0 Å². The van der Waals surface area contributed by atoms with E-state index in [0.29, 0.717) is 21.8 Å². The van der Waals surface area contributed by atoms with Crippen molar-refractivity contribution in [3.8, 4) is 11.5 Å². The molecule has 5 heteroatoms. The molecule has 0 atom stereocenters. The summed E-state index contributed by atoms with van der Waals surface area (Å²) in [6, 6.07) is 4.66. The highest BCUT2D eigenvalue weighted by Gasteiger charge is 2.12. The zero-order valence-corrected chi connectivity index (χ0v) is 8.88. The molecule has 1 heterocycles. The van der Waals surface area contributed by atoms with Crippen molar-refractivity contribution >= 4 is 15.9 Å².